The summed E-state index contributed by atoms with van der Waals surface area (Å²) in [7, 11) is 0. The van der Waals surface area contributed by atoms with E-state index in [1.54, 1.807) is 53.2 Å². The molecule has 0 saturated heterocycles. The van der Waals surface area contributed by atoms with E-state index in [-0.39, 0.29) is 11.3 Å². The first-order valence-electron chi connectivity index (χ1n) is 9.72. The van der Waals surface area contributed by atoms with E-state index in [2.05, 4.69) is 22.4 Å². The molecule has 0 unspecified atom stereocenters. The van der Waals surface area contributed by atoms with Gasteiger partial charge in [0.25, 0.3) is 11.5 Å². The smallest absolute Gasteiger partial charge is 0.280 e. The largest absolute Gasteiger partial charge is 0.506 e. The number of carbonyl (C=O) groups excluding carboxylic acids is 1. The maximum Gasteiger partial charge on any atom is 0.280 e. The van der Waals surface area contributed by atoms with Gasteiger partial charge >= 0.3 is 0 Å². The van der Waals surface area contributed by atoms with Gasteiger partial charge < -0.3 is 9.67 Å². The molecule has 0 aliphatic rings. The molecule has 7 heteroatoms. The highest BCUT2D eigenvalue weighted by molar-refractivity contribution is 6.02. The minimum Gasteiger partial charge on any atom is -0.506 e. The number of hydrogen-bond acceptors (Lipinski definition) is 5. The van der Waals surface area contributed by atoms with Crippen molar-refractivity contribution in [3.63, 3.8) is 0 Å². The fourth-order valence-electron chi connectivity index (χ4n) is 3.18. The lowest BCUT2D eigenvalue weighted by molar-refractivity contribution is 0.0950. The molecule has 2 aromatic heterocycles. The van der Waals surface area contributed by atoms with Crippen molar-refractivity contribution < 1.29 is 9.90 Å². The topological polar surface area (TPSA) is 96.6 Å². The number of hydrazone groups is 1. The summed E-state index contributed by atoms with van der Waals surface area (Å²) in [6.45, 7) is 2.60. The fourth-order valence-corrected chi connectivity index (χ4v) is 3.18. The lowest BCUT2D eigenvalue weighted by Gasteiger charge is -2.14. The van der Waals surface area contributed by atoms with Crippen LogP contribution in [0.3, 0.4) is 0 Å². The summed E-state index contributed by atoms with van der Waals surface area (Å²) in [5.74, 6) is -1.09. The van der Waals surface area contributed by atoms with Crippen LogP contribution in [0.4, 0.5) is 0 Å². The van der Waals surface area contributed by atoms with Crippen molar-refractivity contribution in [1.29, 1.82) is 0 Å². The number of pyridine rings is 2. The number of aromatic hydroxyl groups is 1. The van der Waals surface area contributed by atoms with Crippen molar-refractivity contribution in [2.24, 2.45) is 5.10 Å². The van der Waals surface area contributed by atoms with E-state index in [9.17, 15) is 14.7 Å². The first-order chi connectivity index (χ1) is 14.1. The van der Waals surface area contributed by atoms with Crippen molar-refractivity contribution in [2.75, 3.05) is 0 Å². The molecule has 0 spiro atoms. The van der Waals surface area contributed by atoms with E-state index in [1.807, 2.05) is 0 Å². The predicted molar refractivity (Wildman–Crippen MR) is 113 cm³/mol. The van der Waals surface area contributed by atoms with Crippen LogP contribution >= 0.6 is 0 Å². The number of carbonyl (C=O) groups is 1. The van der Waals surface area contributed by atoms with E-state index < -0.39 is 11.5 Å². The first-order valence-corrected chi connectivity index (χ1v) is 9.72. The van der Waals surface area contributed by atoms with Gasteiger partial charge in [-0.1, -0.05) is 44.4 Å². The standard InChI is InChI=1S/C22H24N4O3/c1-2-3-4-9-14-26-18-12-6-5-11-17(18)20(27)19(22(26)29)21(28)25-24-15-16-10-7-8-13-23-16/h5-8,10-13,15,27H,2-4,9,14H2,1H3,(H,25,28). The SMILES string of the molecule is CCCCCCn1c(=O)c(C(=O)NN=Cc2ccccn2)c(O)c2ccccc21. The molecule has 1 aromatic carbocycles. The molecule has 0 aliphatic carbocycles. The van der Waals surface area contributed by atoms with Gasteiger partial charge in [-0.2, -0.15) is 5.10 Å². The summed E-state index contributed by atoms with van der Waals surface area (Å²) < 4.78 is 1.56. The van der Waals surface area contributed by atoms with Gasteiger partial charge in [0.2, 0.25) is 0 Å². The second-order valence-corrected chi connectivity index (χ2v) is 6.71. The minimum absolute atomic E-state index is 0.308. The van der Waals surface area contributed by atoms with Crippen molar-refractivity contribution in [3.8, 4) is 5.75 Å². The number of fused-ring (bicyclic) bond motifs is 1. The number of nitrogens with zero attached hydrogens (tertiary/aromatic N) is 3. The monoisotopic (exact) mass is 392 g/mol. The van der Waals surface area contributed by atoms with Crippen molar-refractivity contribution in [2.45, 2.75) is 39.2 Å². The van der Waals surface area contributed by atoms with Crippen LogP contribution in [-0.2, 0) is 6.54 Å². The third-order valence-corrected chi connectivity index (χ3v) is 4.66. The zero-order valence-electron chi connectivity index (χ0n) is 16.3. The highest BCUT2D eigenvalue weighted by Gasteiger charge is 2.21. The molecule has 29 heavy (non-hydrogen) atoms. The number of rotatable bonds is 8. The number of benzene rings is 1. The Morgan fingerprint density at radius 3 is 2.72 bits per heavy atom. The molecule has 150 valence electrons. The zero-order valence-corrected chi connectivity index (χ0v) is 16.3. The van der Waals surface area contributed by atoms with E-state index in [0.29, 0.717) is 23.1 Å². The van der Waals surface area contributed by atoms with E-state index in [0.717, 1.165) is 25.7 Å². The molecule has 1 amide bonds. The second kappa shape index (κ2) is 9.64. The average Bonchev–Trinajstić information content (AvgIpc) is 2.74. The molecular formula is C22H24N4O3. The van der Waals surface area contributed by atoms with Crippen LogP contribution < -0.4 is 11.0 Å². The van der Waals surface area contributed by atoms with Crippen LogP contribution in [0, 0.1) is 0 Å². The lowest BCUT2D eigenvalue weighted by Crippen LogP contribution is -2.31. The maximum atomic E-state index is 13.0. The minimum atomic E-state index is -0.757. The number of unbranched alkanes of at least 4 members (excludes halogenated alkanes) is 3. The Morgan fingerprint density at radius 2 is 1.97 bits per heavy atom. The van der Waals surface area contributed by atoms with Crippen molar-refractivity contribution in [1.82, 2.24) is 15.0 Å². The van der Waals surface area contributed by atoms with Crippen LogP contribution in [0.1, 0.15) is 48.7 Å². The molecule has 3 rings (SSSR count). The second-order valence-electron chi connectivity index (χ2n) is 6.71. The summed E-state index contributed by atoms with van der Waals surface area (Å²) in [5.41, 5.74) is 2.65. The van der Waals surface area contributed by atoms with Gasteiger partial charge in [0.05, 0.1) is 17.4 Å². The maximum absolute atomic E-state index is 13.0. The van der Waals surface area contributed by atoms with Crippen LogP contribution in [0.25, 0.3) is 10.9 Å². The normalized spacial score (nSPS) is 11.2. The average molecular weight is 392 g/mol. The Balaban J connectivity index is 1.93. The van der Waals surface area contributed by atoms with Gasteiger partial charge in [0.15, 0.2) is 0 Å². The lowest BCUT2D eigenvalue weighted by atomic mass is 10.1. The third-order valence-electron chi connectivity index (χ3n) is 4.66. The van der Waals surface area contributed by atoms with Crippen LogP contribution in [0.15, 0.2) is 58.6 Å². The highest BCUT2D eigenvalue weighted by Crippen LogP contribution is 2.26. The van der Waals surface area contributed by atoms with Crippen molar-refractivity contribution >= 4 is 23.0 Å². The summed E-state index contributed by atoms with van der Waals surface area (Å²) in [5, 5.41) is 14.9. The molecular weight excluding hydrogens is 368 g/mol. The molecule has 3 aromatic rings. The Kier molecular flexibility index (Phi) is 6.73. The Hall–Kier alpha value is -3.48. The Labute approximate surface area is 168 Å². The molecule has 7 nitrogen and oxygen atoms in total. The number of aromatic nitrogens is 2. The molecule has 0 atom stereocenters. The highest BCUT2D eigenvalue weighted by atomic mass is 16.3. The van der Waals surface area contributed by atoms with Gasteiger partial charge in [-0.15, -0.1) is 0 Å². The van der Waals surface area contributed by atoms with Gasteiger partial charge in [-0.05, 0) is 30.7 Å². The van der Waals surface area contributed by atoms with E-state index in [4.69, 9.17) is 0 Å². The molecule has 0 radical (unpaired) electrons. The molecule has 0 saturated carbocycles. The molecule has 0 fully saturated rings. The van der Waals surface area contributed by atoms with Crippen LogP contribution in [0.2, 0.25) is 0 Å². The van der Waals surface area contributed by atoms with Crippen LogP contribution in [0.5, 0.6) is 5.75 Å². The molecule has 0 aliphatic heterocycles. The summed E-state index contributed by atoms with van der Waals surface area (Å²) >= 11 is 0. The van der Waals surface area contributed by atoms with Gasteiger partial charge in [-0.25, -0.2) is 5.43 Å². The predicted octanol–water partition coefficient (Wildman–Crippen LogP) is 3.45. The molecule has 0 bridgehead atoms. The van der Waals surface area contributed by atoms with Crippen LogP contribution in [-0.4, -0.2) is 26.8 Å². The fraction of sp³-hybridized carbons (Fsp3) is 0.273. The number of hydrogen-bond donors (Lipinski definition) is 2. The number of aryl methyl sites for hydroxylation is 1. The summed E-state index contributed by atoms with van der Waals surface area (Å²) in [4.78, 5) is 29.7. The van der Waals surface area contributed by atoms with E-state index >= 15 is 0 Å². The first kappa shape index (κ1) is 20.3. The van der Waals surface area contributed by atoms with Gasteiger partial charge in [-0.3, -0.25) is 14.6 Å². The number of para-hydroxylation sites is 1. The third kappa shape index (κ3) is 4.68. The van der Waals surface area contributed by atoms with E-state index in [1.165, 1.54) is 6.21 Å². The van der Waals surface area contributed by atoms with Gasteiger partial charge in [0, 0.05) is 18.1 Å². The van der Waals surface area contributed by atoms with Gasteiger partial charge in [0.1, 0.15) is 11.3 Å². The Bertz CT molecular complexity index is 1070. The summed E-state index contributed by atoms with van der Waals surface area (Å²) in [6.07, 6.45) is 6.97. The van der Waals surface area contributed by atoms with Crippen molar-refractivity contribution in [3.05, 3.63) is 70.3 Å². The summed E-state index contributed by atoms with van der Waals surface area (Å²) in [6, 6.07) is 12.3. The quantitative estimate of drug-likeness (QED) is 0.349. The number of nitrogens with one attached hydrogen (secondary N) is 1. The molecule has 2 heterocycles. The molecule has 2 N–H and O–H groups in total. The zero-order chi connectivity index (χ0) is 20.6. The number of amides is 1. The Morgan fingerprint density at radius 1 is 1.17 bits per heavy atom.